The molecule has 2 heterocycles. The van der Waals surface area contributed by atoms with E-state index in [1.807, 2.05) is 13.8 Å². The Hall–Kier alpha value is -1.89. The first-order valence-electron chi connectivity index (χ1n) is 7.07. The standard InChI is InChI=1S/C14H21N3O4/c1-9-11(10(2)16-15-9)3-4-12(18)17-7-5-14(21,6-8-17)13(19)20/h21H,3-8H2,1-2H3,(H,15,16)(H,19,20). The second-order valence-electron chi connectivity index (χ2n) is 5.63. The molecular formula is C14H21N3O4. The summed E-state index contributed by atoms with van der Waals surface area (Å²) in [6.07, 6.45) is 1.15. The number of aromatic nitrogens is 2. The zero-order chi connectivity index (χ0) is 15.6. The predicted molar refractivity (Wildman–Crippen MR) is 74.8 cm³/mol. The molecule has 1 aliphatic rings. The lowest BCUT2D eigenvalue weighted by atomic mass is 9.91. The van der Waals surface area contributed by atoms with Crippen molar-refractivity contribution in [1.29, 1.82) is 0 Å². The molecule has 7 nitrogen and oxygen atoms in total. The van der Waals surface area contributed by atoms with Gasteiger partial charge in [0.2, 0.25) is 5.91 Å². The van der Waals surface area contributed by atoms with Crippen LogP contribution in [0.1, 0.15) is 36.2 Å². The summed E-state index contributed by atoms with van der Waals surface area (Å²) in [5.74, 6) is -1.22. The van der Waals surface area contributed by atoms with E-state index in [-0.39, 0.29) is 31.8 Å². The molecule has 116 valence electrons. The van der Waals surface area contributed by atoms with Gasteiger partial charge in [-0.2, -0.15) is 5.10 Å². The number of carbonyl (C=O) groups is 2. The lowest BCUT2D eigenvalue weighted by molar-refractivity contribution is -0.165. The van der Waals surface area contributed by atoms with E-state index < -0.39 is 11.6 Å². The number of rotatable bonds is 4. The van der Waals surface area contributed by atoms with Crippen molar-refractivity contribution < 1.29 is 19.8 Å². The first-order valence-corrected chi connectivity index (χ1v) is 7.07. The Labute approximate surface area is 123 Å². The lowest BCUT2D eigenvalue weighted by Gasteiger charge is -2.35. The minimum atomic E-state index is -1.69. The van der Waals surface area contributed by atoms with Crippen LogP contribution >= 0.6 is 0 Å². The molecule has 1 fully saturated rings. The van der Waals surface area contributed by atoms with Gasteiger partial charge in [-0.15, -0.1) is 0 Å². The van der Waals surface area contributed by atoms with E-state index >= 15 is 0 Å². The highest BCUT2D eigenvalue weighted by atomic mass is 16.4. The highest BCUT2D eigenvalue weighted by Crippen LogP contribution is 2.23. The molecular weight excluding hydrogens is 274 g/mol. The molecule has 1 aliphatic heterocycles. The van der Waals surface area contributed by atoms with E-state index in [0.29, 0.717) is 12.8 Å². The third-order valence-electron chi connectivity index (χ3n) is 4.21. The van der Waals surface area contributed by atoms with Crippen LogP contribution < -0.4 is 0 Å². The number of carboxylic acids is 1. The van der Waals surface area contributed by atoms with Crippen LogP contribution in [0.25, 0.3) is 0 Å². The van der Waals surface area contributed by atoms with Crippen molar-refractivity contribution in [3.8, 4) is 0 Å². The molecule has 0 radical (unpaired) electrons. The van der Waals surface area contributed by atoms with Crippen molar-refractivity contribution >= 4 is 11.9 Å². The number of piperidine rings is 1. The number of carbonyl (C=O) groups excluding carboxylic acids is 1. The van der Waals surface area contributed by atoms with Gasteiger partial charge in [0.05, 0.1) is 5.69 Å². The Morgan fingerprint density at radius 3 is 2.43 bits per heavy atom. The minimum absolute atomic E-state index is 0.0116. The predicted octanol–water partition coefficient (Wildman–Crippen LogP) is 0.397. The SMILES string of the molecule is Cc1n[nH]c(C)c1CCC(=O)N1CCC(O)(C(=O)O)CC1. The fraction of sp³-hybridized carbons (Fsp3) is 0.643. The molecule has 0 aromatic carbocycles. The average molecular weight is 295 g/mol. The van der Waals surface area contributed by atoms with Gasteiger partial charge in [0.1, 0.15) is 0 Å². The van der Waals surface area contributed by atoms with E-state index in [1.54, 1.807) is 4.90 Å². The number of hydrogen-bond donors (Lipinski definition) is 3. The smallest absolute Gasteiger partial charge is 0.335 e. The van der Waals surface area contributed by atoms with E-state index in [9.17, 15) is 14.7 Å². The molecule has 1 amide bonds. The van der Waals surface area contributed by atoms with Crippen molar-refractivity contribution in [3.63, 3.8) is 0 Å². The average Bonchev–Trinajstić information content (AvgIpc) is 2.76. The van der Waals surface area contributed by atoms with Crippen molar-refractivity contribution in [2.24, 2.45) is 0 Å². The van der Waals surface area contributed by atoms with Crippen LogP contribution in [-0.2, 0) is 16.0 Å². The number of aryl methyl sites for hydroxylation is 2. The van der Waals surface area contributed by atoms with Gasteiger partial charge in [-0.3, -0.25) is 9.89 Å². The molecule has 0 unspecified atom stereocenters. The number of aromatic amines is 1. The molecule has 0 spiro atoms. The van der Waals surface area contributed by atoms with Gasteiger partial charge >= 0.3 is 5.97 Å². The van der Waals surface area contributed by atoms with Gasteiger partial charge in [-0.1, -0.05) is 0 Å². The third-order valence-corrected chi connectivity index (χ3v) is 4.21. The number of nitrogens with zero attached hydrogens (tertiary/aromatic N) is 2. The zero-order valence-corrected chi connectivity index (χ0v) is 12.3. The summed E-state index contributed by atoms with van der Waals surface area (Å²) < 4.78 is 0. The summed E-state index contributed by atoms with van der Waals surface area (Å²) in [5, 5.41) is 25.8. The van der Waals surface area contributed by atoms with E-state index in [4.69, 9.17) is 5.11 Å². The van der Waals surface area contributed by atoms with Gasteiger partial charge in [0.15, 0.2) is 5.60 Å². The second-order valence-corrected chi connectivity index (χ2v) is 5.63. The number of nitrogens with one attached hydrogen (secondary N) is 1. The Morgan fingerprint density at radius 1 is 1.33 bits per heavy atom. The summed E-state index contributed by atoms with van der Waals surface area (Å²) in [7, 11) is 0. The molecule has 1 aromatic heterocycles. The highest BCUT2D eigenvalue weighted by Gasteiger charge is 2.40. The highest BCUT2D eigenvalue weighted by molar-refractivity contribution is 5.79. The normalized spacial score (nSPS) is 17.8. The Kier molecular flexibility index (Phi) is 4.32. The Morgan fingerprint density at radius 2 is 1.95 bits per heavy atom. The first kappa shape index (κ1) is 15.5. The molecule has 0 saturated carbocycles. The molecule has 21 heavy (non-hydrogen) atoms. The quantitative estimate of drug-likeness (QED) is 0.745. The number of aliphatic carboxylic acids is 1. The van der Waals surface area contributed by atoms with Crippen LogP contribution in [0.2, 0.25) is 0 Å². The third kappa shape index (κ3) is 3.24. The Bertz CT molecular complexity index is 525. The molecule has 0 atom stereocenters. The number of H-pyrrole nitrogens is 1. The molecule has 7 heteroatoms. The van der Waals surface area contributed by atoms with Crippen LogP contribution in [0.15, 0.2) is 0 Å². The molecule has 0 aliphatic carbocycles. The van der Waals surface area contributed by atoms with Gasteiger partial charge in [-0.05, 0) is 25.8 Å². The van der Waals surface area contributed by atoms with Crippen LogP contribution in [-0.4, -0.2) is 55.9 Å². The van der Waals surface area contributed by atoms with Crippen LogP contribution in [0.4, 0.5) is 0 Å². The largest absolute Gasteiger partial charge is 0.479 e. The monoisotopic (exact) mass is 295 g/mol. The number of hydrogen-bond acceptors (Lipinski definition) is 4. The van der Waals surface area contributed by atoms with Gasteiger partial charge in [0.25, 0.3) is 0 Å². The van der Waals surface area contributed by atoms with Gasteiger partial charge in [0, 0.05) is 38.0 Å². The van der Waals surface area contributed by atoms with Crippen molar-refractivity contribution in [1.82, 2.24) is 15.1 Å². The van der Waals surface area contributed by atoms with E-state index in [2.05, 4.69) is 10.2 Å². The minimum Gasteiger partial charge on any atom is -0.479 e. The summed E-state index contributed by atoms with van der Waals surface area (Å²) in [5.41, 5.74) is 1.25. The first-order chi connectivity index (χ1) is 9.83. The van der Waals surface area contributed by atoms with Crippen molar-refractivity contribution in [2.75, 3.05) is 13.1 Å². The van der Waals surface area contributed by atoms with Gasteiger partial charge < -0.3 is 15.1 Å². The fourth-order valence-corrected chi connectivity index (χ4v) is 2.67. The number of likely N-dealkylation sites (tertiary alicyclic amines) is 1. The summed E-state index contributed by atoms with van der Waals surface area (Å²) in [6.45, 7) is 4.39. The maximum Gasteiger partial charge on any atom is 0.335 e. The summed E-state index contributed by atoms with van der Waals surface area (Å²) >= 11 is 0. The lowest BCUT2D eigenvalue weighted by Crippen LogP contribution is -2.50. The van der Waals surface area contributed by atoms with E-state index in [0.717, 1.165) is 17.0 Å². The molecule has 1 aromatic rings. The summed E-state index contributed by atoms with van der Waals surface area (Å²) in [4.78, 5) is 24.7. The fourth-order valence-electron chi connectivity index (χ4n) is 2.67. The number of amides is 1. The maximum atomic E-state index is 12.2. The molecule has 0 bridgehead atoms. The van der Waals surface area contributed by atoms with Crippen LogP contribution in [0.3, 0.4) is 0 Å². The summed E-state index contributed by atoms with van der Waals surface area (Å²) in [6, 6.07) is 0. The van der Waals surface area contributed by atoms with Gasteiger partial charge in [-0.25, -0.2) is 4.79 Å². The van der Waals surface area contributed by atoms with Crippen molar-refractivity contribution in [2.45, 2.75) is 45.1 Å². The zero-order valence-electron chi connectivity index (χ0n) is 12.3. The molecule has 3 N–H and O–H groups in total. The van der Waals surface area contributed by atoms with Crippen molar-refractivity contribution in [3.05, 3.63) is 17.0 Å². The maximum absolute atomic E-state index is 12.2. The second kappa shape index (κ2) is 5.85. The van der Waals surface area contributed by atoms with Crippen LogP contribution in [0, 0.1) is 13.8 Å². The topological polar surface area (TPSA) is 107 Å². The Balaban J connectivity index is 1.87. The van der Waals surface area contributed by atoms with E-state index in [1.165, 1.54) is 0 Å². The number of carboxylic acid groups (broad SMARTS) is 1. The molecule has 1 saturated heterocycles. The molecule has 2 rings (SSSR count). The van der Waals surface area contributed by atoms with Crippen LogP contribution in [0.5, 0.6) is 0 Å². The number of aliphatic hydroxyl groups is 1.